The standard InChI is InChI=1S/C29H40N6O6S2/c1-19-14-21(22-16-35(17-22)23-4-7-33(8-5-23)25(36)6-11-42(3,37)38)15-24-27(19)41-20(2)26-28(32-24)30-18-31-29(26)34-9-12-43(39,40)13-10-34/h14-15,18,20,22-23H,4-13,16-17H2,1-3H3,(H,30,31,32)/t20-/m1/s1. The molecule has 0 saturated carbocycles. The molecule has 1 amide bonds. The summed E-state index contributed by atoms with van der Waals surface area (Å²) in [5, 5.41) is 3.51. The minimum atomic E-state index is -3.14. The molecule has 1 aromatic carbocycles. The summed E-state index contributed by atoms with van der Waals surface area (Å²) in [4.78, 5) is 27.8. The lowest BCUT2D eigenvalue weighted by atomic mass is 9.87. The molecule has 234 valence electrons. The molecule has 1 atom stereocenters. The second-order valence-corrected chi connectivity index (χ2v) is 16.9. The molecule has 4 aliphatic heterocycles. The van der Waals surface area contributed by atoms with E-state index in [2.05, 4.69) is 39.2 Å². The van der Waals surface area contributed by atoms with Gasteiger partial charge in [-0.05, 0) is 43.9 Å². The Kier molecular flexibility index (Phi) is 8.05. The molecule has 6 rings (SSSR count). The maximum absolute atomic E-state index is 12.4. The van der Waals surface area contributed by atoms with E-state index in [1.54, 1.807) is 4.90 Å². The molecular weight excluding hydrogens is 592 g/mol. The number of benzene rings is 1. The molecule has 0 unspecified atom stereocenters. The molecule has 0 aliphatic carbocycles. The Morgan fingerprint density at radius 2 is 1.79 bits per heavy atom. The number of aromatic nitrogens is 2. The number of sulfone groups is 2. The highest BCUT2D eigenvalue weighted by atomic mass is 32.2. The van der Waals surface area contributed by atoms with E-state index in [1.165, 1.54) is 18.1 Å². The van der Waals surface area contributed by atoms with Crippen LogP contribution in [0, 0.1) is 6.92 Å². The van der Waals surface area contributed by atoms with E-state index < -0.39 is 19.7 Å². The quantitative estimate of drug-likeness (QED) is 0.500. The zero-order chi connectivity index (χ0) is 30.5. The molecule has 0 spiro atoms. The van der Waals surface area contributed by atoms with Crippen molar-refractivity contribution in [3.63, 3.8) is 0 Å². The fraction of sp³-hybridized carbons (Fsp3) is 0.621. The summed E-state index contributed by atoms with van der Waals surface area (Å²) in [5.41, 5.74) is 3.97. The van der Waals surface area contributed by atoms with Crippen LogP contribution in [0.25, 0.3) is 0 Å². The number of piperidine rings is 1. The van der Waals surface area contributed by atoms with Crippen molar-refractivity contribution >= 4 is 42.9 Å². The maximum atomic E-state index is 12.4. The van der Waals surface area contributed by atoms with Crippen molar-refractivity contribution in [3.8, 4) is 5.75 Å². The highest BCUT2D eigenvalue weighted by Crippen LogP contribution is 2.45. The lowest BCUT2D eigenvalue weighted by Crippen LogP contribution is -2.54. The van der Waals surface area contributed by atoms with E-state index in [-0.39, 0.29) is 35.7 Å². The zero-order valence-corrected chi connectivity index (χ0v) is 26.6. The average Bonchev–Trinajstić information content (AvgIpc) is 3.07. The SMILES string of the molecule is Cc1cc(C2CN(C3CCN(C(=O)CCS(C)(=O)=O)CC3)C2)cc2c1O[C@H](C)c1c(ncnc1N1CCS(=O)(=O)CC1)N2. The fourth-order valence-electron chi connectivity index (χ4n) is 6.62. The van der Waals surface area contributed by atoms with Gasteiger partial charge in [-0.1, -0.05) is 6.07 Å². The van der Waals surface area contributed by atoms with Crippen LogP contribution in [0.4, 0.5) is 17.3 Å². The molecule has 1 N–H and O–H groups in total. The Morgan fingerprint density at radius 1 is 1.09 bits per heavy atom. The lowest BCUT2D eigenvalue weighted by Gasteiger charge is -2.47. The Labute approximate surface area is 253 Å². The normalized spacial score (nSPS) is 22.9. The summed E-state index contributed by atoms with van der Waals surface area (Å²) in [5.74, 6) is 2.61. The number of ether oxygens (including phenoxy) is 1. The van der Waals surface area contributed by atoms with E-state index in [4.69, 9.17) is 4.74 Å². The number of nitrogens with one attached hydrogen (secondary N) is 1. The van der Waals surface area contributed by atoms with Gasteiger partial charge in [0.1, 0.15) is 39.7 Å². The Balaban J connectivity index is 1.11. The van der Waals surface area contributed by atoms with Gasteiger partial charge in [-0.15, -0.1) is 0 Å². The van der Waals surface area contributed by atoms with Crippen molar-refractivity contribution in [1.29, 1.82) is 0 Å². The largest absolute Gasteiger partial charge is 0.483 e. The van der Waals surface area contributed by atoms with E-state index in [0.717, 1.165) is 48.5 Å². The van der Waals surface area contributed by atoms with Gasteiger partial charge in [0.25, 0.3) is 0 Å². The summed E-state index contributed by atoms with van der Waals surface area (Å²) in [7, 11) is -6.16. The molecule has 5 heterocycles. The van der Waals surface area contributed by atoms with Crippen molar-refractivity contribution < 1.29 is 26.4 Å². The molecule has 3 saturated heterocycles. The van der Waals surface area contributed by atoms with Crippen LogP contribution in [0.3, 0.4) is 0 Å². The smallest absolute Gasteiger partial charge is 0.223 e. The molecule has 0 radical (unpaired) electrons. The lowest BCUT2D eigenvalue weighted by molar-refractivity contribution is -0.132. The zero-order valence-electron chi connectivity index (χ0n) is 25.0. The number of carbonyl (C=O) groups is 1. The minimum Gasteiger partial charge on any atom is -0.483 e. The summed E-state index contributed by atoms with van der Waals surface area (Å²) < 4.78 is 53.3. The molecule has 3 fully saturated rings. The van der Waals surface area contributed by atoms with Crippen LogP contribution < -0.4 is 15.0 Å². The number of rotatable bonds is 6. The van der Waals surface area contributed by atoms with Gasteiger partial charge in [0, 0.05) is 63.9 Å². The number of anilines is 3. The third kappa shape index (κ3) is 6.46. The number of amides is 1. The molecule has 1 aromatic heterocycles. The molecular formula is C29H40N6O6S2. The molecule has 12 nitrogen and oxygen atoms in total. The van der Waals surface area contributed by atoms with Crippen molar-refractivity contribution in [2.24, 2.45) is 0 Å². The number of aryl methyl sites for hydroxylation is 1. The van der Waals surface area contributed by atoms with Crippen molar-refractivity contribution in [3.05, 3.63) is 35.2 Å². The van der Waals surface area contributed by atoms with E-state index in [1.807, 2.05) is 11.8 Å². The summed E-state index contributed by atoms with van der Waals surface area (Å²) >= 11 is 0. The van der Waals surface area contributed by atoms with Gasteiger partial charge >= 0.3 is 0 Å². The predicted molar refractivity (Wildman–Crippen MR) is 165 cm³/mol. The first-order valence-electron chi connectivity index (χ1n) is 14.9. The minimum absolute atomic E-state index is 0.0594. The van der Waals surface area contributed by atoms with Crippen LogP contribution in [0.2, 0.25) is 0 Å². The number of carbonyl (C=O) groups excluding carboxylic acids is 1. The van der Waals surface area contributed by atoms with Crippen LogP contribution in [0.15, 0.2) is 18.5 Å². The highest BCUT2D eigenvalue weighted by Gasteiger charge is 2.37. The number of hydrogen-bond donors (Lipinski definition) is 1. The van der Waals surface area contributed by atoms with Gasteiger partial charge < -0.3 is 19.9 Å². The topological polar surface area (TPSA) is 142 Å². The van der Waals surface area contributed by atoms with Gasteiger partial charge in [-0.3, -0.25) is 9.69 Å². The predicted octanol–water partition coefficient (Wildman–Crippen LogP) is 2.04. The molecule has 14 heteroatoms. The number of hydrogen-bond acceptors (Lipinski definition) is 11. The van der Waals surface area contributed by atoms with Gasteiger partial charge in [0.2, 0.25) is 5.91 Å². The van der Waals surface area contributed by atoms with E-state index in [9.17, 15) is 21.6 Å². The number of likely N-dealkylation sites (tertiary alicyclic amines) is 2. The highest BCUT2D eigenvalue weighted by molar-refractivity contribution is 7.91. The van der Waals surface area contributed by atoms with Gasteiger partial charge in [-0.25, -0.2) is 26.8 Å². The molecule has 43 heavy (non-hydrogen) atoms. The van der Waals surface area contributed by atoms with E-state index in [0.29, 0.717) is 49.8 Å². The molecule has 0 bridgehead atoms. The Hall–Kier alpha value is -2.97. The van der Waals surface area contributed by atoms with E-state index >= 15 is 0 Å². The monoisotopic (exact) mass is 632 g/mol. The number of fused-ring (bicyclic) bond motifs is 2. The van der Waals surface area contributed by atoms with Crippen LogP contribution in [0.1, 0.15) is 54.9 Å². The third-order valence-electron chi connectivity index (χ3n) is 9.16. The molecule has 2 aromatic rings. The Morgan fingerprint density at radius 3 is 2.47 bits per heavy atom. The van der Waals surface area contributed by atoms with Crippen LogP contribution in [0.5, 0.6) is 5.75 Å². The van der Waals surface area contributed by atoms with Gasteiger partial charge in [0.15, 0.2) is 9.84 Å². The number of nitrogens with zero attached hydrogens (tertiary/aromatic N) is 5. The van der Waals surface area contributed by atoms with Crippen molar-refractivity contribution in [2.45, 2.75) is 51.2 Å². The van der Waals surface area contributed by atoms with Crippen molar-refractivity contribution in [2.75, 3.05) is 73.0 Å². The summed E-state index contributed by atoms with van der Waals surface area (Å²) in [6.07, 6.45) is 4.22. The summed E-state index contributed by atoms with van der Waals surface area (Å²) in [6.45, 7) is 8.06. The second kappa shape index (κ2) is 11.5. The third-order valence-corrected chi connectivity index (χ3v) is 11.7. The first-order chi connectivity index (χ1) is 20.4. The van der Waals surface area contributed by atoms with Gasteiger partial charge in [-0.2, -0.15) is 0 Å². The van der Waals surface area contributed by atoms with Gasteiger partial charge in [0.05, 0.1) is 28.5 Å². The average molecular weight is 633 g/mol. The van der Waals surface area contributed by atoms with Crippen molar-refractivity contribution in [1.82, 2.24) is 19.8 Å². The van der Waals surface area contributed by atoms with Crippen LogP contribution in [-0.2, 0) is 24.5 Å². The van der Waals surface area contributed by atoms with Crippen LogP contribution in [-0.4, -0.2) is 111 Å². The molecule has 4 aliphatic rings. The van der Waals surface area contributed by atoms with Crippen LogP contribution >= 0.6 is 0 Å². The first kappa shape index (κ1) is 30.1. The first-order valence-corrected chi connectivity index (χ1v) is 18.8. The summed E-state index contributed by atoms with van der Waals surface area (Å²) in [6, 6.07) is 4.78. The Bertz CT molecular complexity index is 1600. The second-order valence-electron chi connectivity index (χ2n) is 12.3. The fourth-order valence-corrected chi connectivity index (χ4v) is 8.37. The maximum Gasteiger partial charge on any atom is 0.223 e.